The van der Waals surface area contributed by atoms with Crippen molar-refractivity contribution in [1.82, 2.24) is 19.7 Å². The number of aromatic nitrogens is 3. The van der Waals surface area contributed by atoms with Gasteiger partial charge in [-0.1, -0.05) is 12.1 Å². The normalized spacial score (nSPS) is 18.5. The van der Waals surface area contributed by atoms with Crippen LogP contribution in [0.3, 0.4) is 0 Å². The minimum atomic E-state index is -3.07. The maximum Gasteiger partial charge on any atom is 0.253 e. The first kappa shape index (κ1) is 16.6. The predicted octanol–water partition coefficient (Wildman–Crippen LogP) is 1.30. The number of carbonyl (C=O) groups excluding carboxylic acids is 1. The van der Waals surface area contributed by atoms with Gasteiger partial charge in [0.05, 0.1) is 11.8 Å². The summed E-state index contributed by atoms with van der Waals surface area (Å²) in [6, 6.07) is 6.94. The molecule has 24 heavy (non-hydrogen) atoms. The maximum atomic E-state index is 12.7. The molecule has 7 nitrogen and oxygen atoms in total. The molecule has 1 aromatic carbocycles. The minimum absolute atomic E-state index is 0.0143. The molecule has 128 valence electrons. The van der Waals surface area contributed by atoms with Gasteiger partial charge in [-0.3, -0.25) is 4.79 Å². The molecule has 0 saturated carbocycles. The van der Waals surface area contributed by atoms with Crippen LogP contribution in [0.15, 0.2) is 36.9 Å². The van der Waals surface area contributed by atoms with Gasteiger partial charge in [-0.15, -0.1) is 0 Å². The minimum Gasteiger partial charge on any atom is -0.337 e. The molecule has 1 aliphatic heterocycles. The SMILES string of the molecule is CS(=O)(=O)Cc1ccc(C(=O)N2CCC[C@H](n3cncn3)C2)cc1. The van der Waals surface area contributed by atoms with Gasteiger partial charge >= 0.3 is 0 Å². The Morgan fingerprint density at radius 3 is 2.67 bits per heavy atom. The molecule has 0 N–H and O–H groups in total. The average molecular weight is 348 g/mol. The molecule has 8 heteroatoms. The highest BCUT2D eigenvalue weighted by Gasteiger charge is 2.25. The van der Waals surface area contributed by atoms with Crippen molar-refractivity contribution in [3.05, 3.63) is 48.0 Å². The molecular weight excluding hydrogens is 328 g/mol. The molecule has 1 aliphatic rings. The van der Waals surface area contributed by atoms with E-state index in [1.54, 1.807) is 35.3 Å². The highest BCUT2D eigenvalue weighted by atomic mass is 32.2. The van der Waals surface area contributed by atoms with Crippen LogP contribution in [0.4, 0.5) is 0 Å². The summed E-state index contributed by atoms with van der Waals surface area (Å²) in [6.45, 7) is 1.32. The average Bonchev–Trinajstić information content (AvgIpc) is 3.08. The molecule has 1 atom stereocenters. The van der Waals surface area contributed by atoms with Crippen LogP contribution in [0.2, 0.25) is 0 Å². The second kappa shape index (κ2) is 6.72. The van der Waals surface area contributed by atoms with E-state index in [4.69, 9.17) is 0 Å². The Morgan fingerprint density at radius 2 is 2.04 bits per heavy atom. The Hall–Kier alpha value is -2.22. The van der Waals surface area contributed by atoms with Gasteiger partial charge in [0.25, 0.3) is 5.91 Å². The molecule has 0 aliphatic carbocycles. The van der Waals surface area contributed by atoms with E-state index in [1.165, 1.54) is 12.6 Å². The van der Waals surface area contributed by atoms with E-state index < -0.39 is 9.84 Å². The molecule has 1 aromatic heterocycles. The first-order chi connectivity index (χ1) is 11.4. The van der Waals surface area contributed by atoms with Gasteiger partial charge < -0.3 is 4.90 Å². The molecule has 0 unspecified atom stereocenters. The lowest BCUT2D eigenvalue weighted by Gasteiger charge is -2.32. The Kier molecular flexibility index (Phi) is 4.66. The van der Waals surface area contributed by atoms with Crippen molar-refractivity contribution in [3.63, 3.8) is 0 Å². The summed E-state index contributed by atoms with van der Waals surface area (Å²) in [5, 5.41) is 4.16. The van der Waals surface area contributed by atoms with Gasteiger partial charge in [0.1, 0.15) is 12.7 Å². The Labute approximate surface area is 141 Å². The number of benzene rings is 1. The number of likely N-dealkylation sites (tertiary alicyclic amines) is 1. The fourth-order valence-corrected chi connectivity index (χ4v) is 3.79. The van der Waals surface area contributed by atoms with Crippen molar-refractivity contribution < 1.29 is 13.2 Å². The van der Waals surface area contributed by atoms with Crippen molar-refractivity contribution in [2.24, 2.45) is 0 Å². The van der Waals surface area contributed by atoms with Gasteiger partial charge in [0.15, 0.2) is 9.84 Å². The fourth-order valence-electron chi connectivity index (χ4n) is 2.99. The van der Waals surface area contributed by atoms with Crippen LogP contribution in [-0.4, -0.2) is 53.3 Å². The summed E-state index contributed by atoms with van der Waals surface area (Å²) in [6.07, 6.45) is 6.27. The van der Waals surface area contributed by atoms with Crippen molar-refractivity contribution in [3.8, 4) is 0 Å². The lowest BCUT2D eigenvalue weighted by atomic mass is 10.0. The number of sulfone groups is 1. The summed E-state index contributed by atoms with van der Waals surface area (Å²) >= 11 is 0. The molecule has 1 fully saturated rings. The third-order valence-electron chi connectivity index (χ3n) is 4.12. The molecule has 1 amide bonds. The third kappa shape index (κ3) is 4.00. The van der Waals surface area contributed by atoms with E-state index in [0.29, 0.717) is 17.7 Å². The Balaban J connectivity index is 1.69. The lowest BCUT2D eigenvalue weighted by Crippen LogP contribution is -2.40. The number of hydrogen-bond donors (Lipinski definition) is 0. The summed E-state index contributed by atoms with van der Waals surface area (Å²) < 4.78 is 24.5. The number of nitrogens with zero attached hydrogens (tertiary/aromatic N) is 4. The van der Waals surface area contributed by atoms with Gasteiger partial charge in [0.2, 0.25) is 0 Å². The summed E-state index contributed by atoms with van der Waals surface area (Å²) in [5.41, 5.74) is 1.26. The van der Waals surface area contributed by atoms with Crippen LogP contribution in [0.25, 0.3) is 0 Å². The van der Waals surface area contributed by atoms with Crippen LogP contribution in [0.1, 0.15) is 34.8 Å². The Bertz CT molecular complexity index is 800. The fraction of sp³-hybridized carbons (Fsp3) is 0.438. The largest absolute Gasteiger partial charge is 0.337 e. The molecule has 2 heterocycles. The second-order valence-corrected chi connectivity index (χ2v) is 8.33. The summed E-state index contributed by atoms with van der Waals surface area (Å²) in [4.78, 5) is 18.5. The summed E-state index contributed by atoms with van der Waals surface area (Å²) in [5.74, 6) is -0.0507. The number of amides is 1. The lowest BCUT2D eigenvalue weighted by molar-refractivity contribution is 0.0672. The predicted molar refractivity (Wildman–Crippen MR) is 89.2 cm³/mol. The zero-order valence-corrected chi connectivity index (χ0v) is 14.3. The van der Waals surface area contributed by atoms with E-state index >= 15 is 0 Å². The van der Waals surface area contributed by atoms with E-state index in [0.717, 1.165) is 19.4 Å². The van der Waals surface area contributed by atoms with Crippen LogP contribution in [0.5, 0.6) is 0 Å². The maximum absolute atomic E-state index is 12.7. The van der Waals surface area contributed by atoms with Crippen LogP contribution in [0, 0.1) is 0 Å². The van der Waals surface area contributed by atoms with Gasteiger partial charge in [-0.05, 0) is 30.5 Å². The van der Waals surface area contributed by atoms with E-state index in [2.05, 4.69) is 10.1 Å². The molecular formula is C16H20N4O3S. The molecule has 0 radical (unpaired) electrons. The number of rotatable bonds is 4. The van der Waals surface area contributed by atoms with Crippen molar-refractivity contribution >= 4 is 15.7 Å². The van der Waals surface area contributed by atoms with E-state index in [1.807, 2.05) is 4.90 Å². The third-order valence-corrected chi connectivity index (χ3v) is 4.98. The summed E-state index contributed by atoms with van der Waals surface area (Å²) in [7, 11) is -3.07. The van der Waals surface area contributed by atoms with Gasteiger partial charge in [-0.25, -0.2) is 18.1 Å². The van der Waals surface area contributed by atoms with E-state index in [-0.39, 0.29) is 17.7 Å². The van der Waals surface area contributed by atoms with Crippen molar-refractivity contribution in [2.75, 3.05) is 19.3 Å². The smallest absolute Gasteiger partial charge is 0.253 e. The van der Waals surface area contributed by atoms with Crippen molar-refractivity contribution in [2.45, 2.75) is 24.6 Å². The molecule has 1 saturated heterocycles. The van der Waals surface area contributed by atoms with Crippen LogP contribution in [-0.2, 0) is 15.6 Å². The molecule has 2 aromatic rings. The zero-order valence-electron chi connectivity index (χ0n) is 13.5. The van der Waals surface area contributed by atoms with Gasteiger partial charge in [0, 0.05) is 24.9 Å². The topological polar surface area (TPSA) is 85.2 Å². The monoisotopic (exact) mass is 348 g/mol. The van der Waals surface area contributed by atoms with Crippen LogP contribution >= 0.6 is 0 Å². The van der Waals surface area contributed by atoms with Crippen molar-refractivity contribution in [1.29, 1.82) is 0 Å². The molecule has 3 rings (SSSR count). The number of piperidine rings is 1. The highest BCUT2D eigenvalue weighted by molar-refractivity contribution is 7.89. The quantitative estimate of drug-likeness (QED) is 0.831. The first-order valence-corrected chi connectivity index (χ1v) is 9.88. The van der Waals surface area contributed by atoms with Gasteiger partial charge in [-0.2, -0.15) is 5.10 Å². The first-order valence-electron chi connectivity index (χ1n) is 7.82. The molecule has 0 spiro atoms. The van der Waals surface area contributed by atoms with Crippen LogP contribution < -0.4 is 0 Å². The number of carbonyl (C=O) groups is 1. The second-order valence-electron chi connectivity index (χ2n) is 6.19. The zero-order chi connectivity index (χ0) is 17.2. The number of hydrogen-bond acceptors (Lipinski definition) is 5. The van der Waals surface area contributed by atoms with E-state index in [9.17, 15) is 13.2 Å². The Morgan fingerprint density at radius 1 is 1.29 bits per heavy atom. The highest BCUT2D eigenvalue weighted by Crippen LogP contribution is 2.22. The molecule has 0 bridgehead atoms. The standard InChI is InChI=1S/C16H20N4O3S/c1-24(22,23)10-13-4-6-14(7-5-13)16(21)19-8-2-3-15(9-19)20-12-17-11-18-20/h4-7,11-12,15H,2-3,8-10H2,1H3/t15-/m0/s1.